The Kier molecular flexibility index (Phi) is 14.6. The average molecular weight is 1270 g/mol. The minimum Gasteiger partial charge on any atom is -0.0625 e. The third kappa shape index (κ3) is 9.44. The van der Waals surface area contributed by atoms with Crippen LogP contribution >= 0.6 is 0 Å². The van der Waals surface area contributed by atoms with Crippen LogP contribution in [-0.4, -0.2) is 0 Å². The van der Waals surface area contributed by atoms with Crippen molar-refractivity contribution in [2.75, 3.05) is 0 Å². The molecule has 29 rings (SSSR count). The van der Waals surface area contributed by atoms with Crippen LogP contribution in [0.5, 0.6) is 0 Å². The molecule has 0 aromatic rings. The second-order valence-corrected chi connectivity index (χ2v) is 42.8. The number of rotatable bonds is 0. The molecule has 0 heterocycles. The SMILES string of the molecule is CC12C3C4C5C3C1C5C42.[2H][C@@]1(C)CCC2CC3CCCCC3CC2C1.[2H][C@@]1(C)CCC2CCC3CCCCC3C2C1.[2H][C@]1(C)C2CC3C4CC5CC3C1C(C5)C4C2.[2H][C@]1(C)CC2CC3CCC4CC1C342.[2H][C@]1(C)CCC2CCC3CCCC1C32.[2H][C@]1(C)CCCC2C3CCCCC3CC21. The van der Waals surface area contributed by atoms with Crippen molar-refractivity contribution in [2.24, 2.45) is 253 Å². The molecule has 0 heteroatoms. The van der Waals surface area contributed by atoms with Crippen LogP contribution in [0.4, 0.5) is 0 Å². The first-order valence-corrected chi connectivity index (χ1v) is 44.3. The first-order valence-electron chi connectivity index (χ1n) is 47.3. The molecule has 25 unspecified atom stereocenters. The van der Waals surface area contributed by atoms with Crippen LogP contribution in [-0.2, 0) is 0 Å². The molecule has 0 saturated heterocycles. The van der Waals surface area contributed by atoms with Crippen molar-refractivity contribution >= 4 is 0 Å². The van der Waals surface area contributed by atoms with Crippen molar-refractivity contribution in [1.82, 2.24) is 0 Å². The predicted octanol–water partition coefficient (Wildman–Crippen LogP) is 25.4. The topological polar surface area (TPSA) is 0 Å². The highest BCUT2D eigenvalue weighted by atomic mass is 15.1. The highest BCUT2D eigenvalue weighted by molar-refractivity contribution is 5.49. The van der Waals surface area contributed by atoms with Gasteiger partial charge in [-0.15, -0.1) is 0 Å². The molecular formula is C93H148. The fourth-order valence-electron chi connectivity index (χ4n) is 37.1. The summed E-state index contributed by atoms with van der Waals surface area (Å²) in [6, 6.07) is 0. The normalized spacial score (nSPS) is 68.7. The number of fused-ring (bicyclic) bond motifs is 8. The Morgan fingerprint density at radius 2 is 0.731 bits per heavy atom. The van der Waals surface area contributed by atoms with Crippen LogP contribution in [0.1, 0.15) is 333 Å². The van der Waals surface area contributed by atoms with Gasteiger partial charge >= 0.3 is 0 Å². The molecule has 0 aliphatic heterocycles. The van der Waals surface area contributed by atoms with E-state index >= 15 is 0 Å². The van der Waals surface area contributed by atoms with E-state index in [2.05, 4.69) is 48.5 Å². The van der Waals surface area contributed by atoms with E-state index in [4.69, 9.17) is 8.22 Å². The summed E-state index contributed by atoms with van der Waals surface area (Å²) < 4.78 is 50.8. The van der Waals surface area contributed by atoms with Crippen LogP contribution in [0.3, 0.4) is 0 Å². The van der Waals surface area contributed by atoms with E-state index in [1.165, 1.54) is 292 Å². The van der Waals surface area contributed by atoms with Crippen molar-refractivity contribution in [3.05, 3.63) is 0 Å². The fourth-order valence-corrected chi connectivity index (χ4v) is 37.1. The van der Waals surface area contributed by atoms with Gasteiger partial charge in [0.05, 0.1) is 0 Å². The van der Waals surface area contributed by atoms with Gasteiger partial charge in [-0.1, -0.05) is 158 Å². The predicted molar refractivity (Wildman–Crippen MR) is 386 cm³/mol. The zero-order valence-corrected chi connectivity index (χ0v) is 61.6. The molecule has 0 aromatic heterocycles. The van der Waals surface area contributed by atoms with Gasteiger partial charge in [-0.05, 0) is 420 Å². The Morgan fingerprint density at radius 3 is 1.41 bits per heavy atom. The van der Waals surface area contributed by atoms with E-state index < -0.39 is 0 Å². The third-order valence-corrected chi connectivity index (χ3v) is 40.5. The van der Waals surface area contributed by atoms with Crippen molar-refractivity contribution in [2.45, 2.75) is 325 Å². The van der Waals surface area contributed by atoms with Crippen LogP contribution < -0.4 is 0 Å². The second-order valence-electron chi connectivity index (χ2n) is 42.8. The van der Waals surface area contributed by atoms with Crippen LogP contribution in [0.25, 0.3) is 0 Å². The molecule has 520 valence electrons. The van der Waals surface area contributed by atoms with Gasteiger partial charge in [0.25, 0.3) is 0 Å². The van der Waals surface area contributed by atoms with E-state index in [9.17, 15) is 0 Å². The first kappa shape index (κ1) is 56.5. The maximum absolute atomic E-state index is 8.83. The summed E-state index contributed by atoms with van der Waals surface area (Å²) in [6.07, 6.45) is 61.0. The lowest BCUT2D eigenvalue weighted by Crippen LogP contribution is -3.04. The lowest BCUT2D eigenvalue weighted by molar-refractivity contribution is -0.609. The van der Waals surface area contributed by atoms with Gasteiger partial charge in [-0.25, -0.2) is 0 Å². The summed E-state index contributed by atoms with van der Waals surface area (Å²) in [4.78, 5) is 0. The molecule has 0 nitrogen and oxygen atoms in total. The summed E-state index contributed by atoms with van der Waals surface area (Å²) in [6.45, 7) is 15.8. The maximum Gasteiger partial charge on any atom is 0.0306 e. The van der Waals surface area contributed by atoms with Crippen molar-refractivity contribution < 1.29 is 8.22 Å². The largest absolute Gasteiger partial charge is 0.0625 e. The quantitative estimate of drug-likeness (QED) is 0.227. The summed E-state index contributed by atoms with van der Waals surface area (Å²) in [5.41, 5.74) is 1.71. The molecule has 0 aromatic carbocycles. The van der Waals surface area contributed by atoms with E-state index in [0.717, 1.165) is 196 Å². The minimum absolute atomic E-state index is 0.0414. The zero-order valence-electron chi connectivity index (χ0n) is 67.6. The molecular weight excluding hydrogens is 1120 g/mol. The molecule has 31 atom stereocenters. The van der Waals surface area contributed by atoms with E-state index in [1.807, 2.05) is 0 Å². The molecule has 29 aliphatic carbocycles. The molecule has 0 amide bonds. The molecule has 29 aliphatic rings. The van der Waals surface area contributed by atoms with Crippen LogP contribution in [0.2, 0.25) is 0 Å². The van der Waals surface area contributed by atoms with E-state index in [1.54, 1.807) is 6.42 Å². The summed E-state index contributed by atoms with van der Waals surface area (Å²) in [5, 5.41) is 0. The van der Waals surface area contributed by atoms with E-state index in [0.29, 0.717) is 0 Å². The average Bonchev–Trinajstić information content (AvgIpc) is 0.962. The Morgan fingerprint density at radius 1 is 0.247 bits per heavy atom. The van der Waals surface area contributed by atoms with E-state index in [-0.39, 0.29) is 35.4 Å². The third-order valence-electron chi connectivity index (χ3n) is 40.5. The van der Waals surface area contributed by atoms with Crippen molar-refractivity contribution in [1.29, 1.82) is 0 Å². The number of hydrogen-bond acceptors (Lipinski definition) is 0. The molecule has 0 radical (unpaired) electrons. The Labute approximate surface area is 583 Å². The van der Waals surface area contributed by atoms with Crippen molar-refractivity contribution in [3.8, 4) is 0 Å². The molecule has 29 saturated carbocycles. The maximum atomic E-state index is 8.83. The van der Waals surface area contributed by atoms with Gasteiger partial charge in [0.2, 0.25) is 0 Å². The van der Waals surface area contributed by atoms with Gasteiger partial charge in [-0.3, -0.25) is 0 Å². The Hall–Kier alpha value is 0. The van der Waals surface area contributed by atoms with Gasteiger partial charge in [0.15, 0.2) is 0 Å². The standard InChI is InChI=1S/C15H22.2C15H26.C14H24.C13H22.C12H18.C9H10/c1-7-9-5-11-10-2-8-3-13(11)15(7)14(4-8)12(10)6-9;1-11-6-7-14-9-12-4-2-3-5-13(12)10-15(14)8-11;1-11-6-7-13-9-8-12-4-2-3-5-14(12)15(13)10-11;1-10-5-4-8-13-12-7-3-2-6-11(12)9-14(10)13;1-9-5-6-11-8-7-10-3-2-4-12(9)13(10)11;1-7-4-10-5-8-2-3-9-6-11(7)12(8,9)10;1-9-6-3-2-4(6)8(9)5(2)7(3)9/h7-15H,2-6H2,1H3;2*11-15H,2-10H2,1H3;10-14H,2-9H2,1H3;9-13H,2-8H2,1H3;7-11H,2-6H2,1H3;2-8H,1H3/t7-,8?,9?,10?,11?,12?,13?,14?,15?;2*11-,12?,13?,14?,15?;10-,11?,12?,13?,14?;9-,10?,11?,12?,13?;7-,8?,9?,10?,11?,12?;/m011000./s1/i7D;2*11D;10D;9D;7D;. The molecule has 8 bridgehead atoms. The zero-order chi connectivity index (χ0) is 67.6. The van der Waals surface area contributed by atoms with Gasteiger partial charge in [-0.2, -0.15) is 0 Å². The van der Waals surface area contributed by atoms with Gasteiger partial charge < -0.3 is 0 Å². The number of hydrogen-bond donors (Lipinski definition) is 0. The fraction of sp³-hybridized carbons (Fsp3) is 1.00. The molecule has 1 spiro atoms. The lowest BCUT2D eigenvalue weighted by atomic mass is 8.97. The highest BCUT2D eigenvalue weighted by Crippen LogP contribution is 3.05. The van der Waals surface area contributed by atoms with Crippen LogP contribution in [0, 0.1) is 253 Å². The van der Waals surface area contributed by atoms with Gasteiger partial charge in [0, 0.05) is 8.22 Å². The van der Waals surface area contributed by atoms with Gasteiger partial charge in [0.1, 0.15) is 0 Å². The molecule has 29 fully saturated rings. The molecule has 0 N–H and O–H groups in total. The Bertz CT molecular complexity index is 2900. The second kappa shape index (κ2) is 24.0. The molecule has 93 heavy (non-hydrogen) atoms. The summed E-state index contributed by atoms with van der Waals surface area (Å²) >= 11 is 0. The van der Waals surface area contributed by atoms with Crippen LogP contribution in [0.15, 0.2) is 0 Å². The smallest absolute Gasteiger partial charge is 0.0306 e. The first-order chi connectivity index (χ1) is 47.3. The van der Waals surface area contributed by atoms with Crippen molar-refractivity contribution in [3.63, 3.8) is 0 Å². The Balaban J connectivity index is 0.0000000784. The minimum atomic E-state index is -0.0967. The highest BCUT2D eigenvalue weighted by Gasteiger charge is 3.02. The summed E-state index contributed by atoms with van der Waals surface area (Å²) in [7, 11) is 0. The summed E-state index contributed by atoms with van der Waals surface area (Å²) in [5.74, 6) is 35.9. The lowest BCUT2D eigenvalue weighted by Gasteiger charge is -3.07. The monoisotopic (exact) mass is 1270 g/mol.